The van der Waals surface area contributed by atoms with Crippen molar-refractivity contribution in [1.82, 2.24) is 0 Å². The smallest absolute Gasteiger partial charge is 0.336 e. The lowest BCUT2D eigenvalue weighted by molar-refractivity contribution is -0.128. The standard InChI is InChI=1S/C32H31ClN2O4/c1-2-3-4-5-6-19-37-25-14-10-23(11-15-25)31-27-17-16-26(20-29(27)39-32(35)28(31)21-34)38-30(36)18-9-22-7-12-24(33)13-8-22/h7-18,20,31H,2-6,19,35H2,1H3/b18-9+. The van der Waals surface area contributed by atoms with E-state index in [4.69, 9.17) is 31.5 Å². The molecule has 0 radical (unpaired) electrons. The Bertz CT molecular complexity index is 1390. The molecule has 0 bridgehead atoms. The van der Waals surface area contributed by atoms with Crippen LogP contribution in [0.1, 0.15) is 61.6 Å². The largest absolute Gasteiger partial charge is 0.494 e. The minimum Gasteiger partial charge on any atom is -0.494 e. The van der Waals surface area contributed by atoms with Crippen LogP contribution in [0.4, 0.5) is 0 Å². The molecule has 4 rings (SSSR count). The minimum absolute atomic E-state index is 0.0218. The van der Waals surface area contributed by atoms with Gasteiger partial charge in [-0.25, -0.2) is 4.79 Å². The van der Waals surface area contributed by atoms with Crippen LogP contribution in [-0.4, -0.2) is 12.6 Å². The Balaban J connectivity index is 1.46. The topological polar surface area (TPSA) is 94.6 Å². The maximum absolute atomic E-state index is 12.4. The highest BCUT2D eigenvalue weighted by atomic mass is 35.5. The molecule has 3 aromatic rings. The fourth-order valence-corrected chi connectivity index (χ4v) is 4.51. The number of carbonyl (C=O) groups is 1. The van der Waals surface area contributed by atoms with Gasteiger partial charge in [-0.3, -0.25) is 0 Å². The van der Waals surface area contributed by atoms with Gasteiger partial charge < -0.3 is 19.9 Å². The number of hydrogen-bond acceptors (Lipinski definition) is 6. The second-order valence-electron chi connectivity index (χ2n) is 9.26. The third-order valence-electron chi connectivity index (χ3n) is 6.42. The van der Waals surface area contributed by atoms with Gasteiger partial charge in [0.25, 0.3) is 0 Å². The Morgan fingerprint density at radius 1 is 1.03 bits per heavy atom. The minimum atomic E-state index is -0.542. The third kappa shape index (κ3) is 7.43. The number of nitriles is 1. The van der Waals surface area contributed by atoms with E-state index in [1.54, 1.807) is 48.5 Å². The molecule has 1 heterocycles. The zero-order valence-corrected chi connectivity index (χ0v) is 22.6. The van der Waals surface area contributed by atoms with Gasteiger partial charge in [0.1, 0.15) is 28.9 Å². The molecule has 1 unspecified atom stereocenters. The molecule has 0 saturated heterocycles. The molecule has 0 amide bonds. The van der Waals surface area contributed by atoms with E-state index < -0.39 is 11.9 Å². The number of carbonyl (C=O) groups excluding carboxylic acids is 1. The number of fused-ring (bicyclic) bond motifs is 1. The average molecular weight is 543 g/mol. The van der Waals surface area contributed by atoms with Crippen LogP contribution < -0.4 is 19.9 Å². The van der Waals surface area contributed by atoms with E-state index in [9.17, 15) is 10.1 Å². The predicted octanol–water partition coefficient (Wildman–Crippen LogP) is 7.53. The number of nitrogens with two attached hydrogens (primary N) is 1. The summed E-state index contributed by atoms with van der Waals surface area (Å²) in [5, 5.41) is 10.5. The molecule has 0 aliphatic carbocycles. The fraction of sp³-hybridized carbons (Fsp3) is 0.250. The van der Waals surface area contributed by atoms with Gasteiger partial charge in [-0.1, -0.05) is 74.5 Å². The van der Waals surface area contributed by atoms with Crippen molar-refractivity contribution < 1.29 is 19.0 Å². The lowest BCUT2D eigenvalue weighted by Gasteiger charge is -2.26. The highest BCUT2D eigenvalue weighted by Gasteiger charge is 2.31. The van der Waals surface area contributed by atoms with Crippen LogP contribution in [0.15, 0.2) is 84.3 Å². The molecule has 7 heteroatoms. The first kappa shape index (κ1) is 27.8. The third-order valence-corrected chi connectivity index (χ3v) is 6.67. The molecule has 1 atom stereocenters. The van der Waals surface area contributed by atoms with Gasteiger partial charge in [-0.05, 0) is 54.0 Å². The molecule has 1 aliphatic rings. The van der Waals surface area contributed by atoms with Crippen LogP contribution in [-0.2, 0) is 4.79 Å². The van der Waals surface area contributed by atoms with Crippen LogP contribution in [0.25, 0.3) is 6.08 Å². The number of nitrogens with zero attached hydrogens (tertiary/aromatic N) is 1. The molecule has 0 aromatic heterocycles. The Morgan fingerprint density at radius 3 is 2.46 bits per heavy atom. The number of hydrogen-bond donors (Lipinski definition) is 1. The number of halogens is 1. The van der Waals surface area contributed by atoms with E-state index in [2.05, 4.69) is 13.0 Å². The van der Waals surface area contributed by atoms with Gasteiger partial charge in [0.2, 0.25) is 5.88 Å². The molecule has 0 saturated carbocycles. The first-order valence-electron chi connectivity index (χ1n) is 13.1. The summed E-state index contributed by atoms with van der Waals surface area (Å²) in [6.45, 7) is 2.88. The van der Waals surface area contributed by atoms with Crippen molar-refractivity contribution in [2.75, 3.05) is 6.61 Å². The Kier molecular flexibility index (Phi) is 9.66. The Morgan fingerprint density at radius 2 is 1.74 bits per heavy atom. The molecule has 0 fully saturated rings. The number of allylic oxidation sites excluding steroid dienone is 1. The van der Waals surface area contributed by atoms with Crippen LogP contribution in [0.5, 0.6) is 17.2 Å². The maximum Gasteiger partial charge on any atom is 0.336 e. The molecule has 200 valence electrons. The van der Waals surface area contributed by atoms with Crippen molar-refractivity contribution in [2.24, 2.45) is 5.73 Å². The molecule has 2 N–H and O–H groups in total. The van der Waals surface area contributed by atoms with Crippen molar-refractivity contribution in [1.29, 1.82) is 5.26 Å². The number of esters is 1. The quantitative estimate of drug-likeness (QED) is 0.116. The zero-order chi connectivity index (χ0) is 27.6. The van der Waals surface area contributed by atoms with Crippen LogP contribution >= 0.6 is 11.6 Å². The first-order valence-corrected chi connectivity index (χ1v) is 13.5. The fourth-order valence-electron chi connectivity index (χ4n) is 4.38. The van der Waals surface area contributed by atoms with E-state index in [1.165, 1.54) is 25.3 Å². The van der Waals surface area contributed by atoms with E-state index in [0.717, 1.165) is 35.3 Å². The second-order valence-corrected chi connectivity index (χ2v) is 9.70. The predicted molar refractivity (Wildman–Crippen MR) is 153 cm³/mol. The van der Waals surface area contributed by atoms with E-state index in [1.807, 2.05) is 24.3 Å². The molecule has 1 aliphatic heterocycles. The lowest BCUT2D eigenvalue weighted by atomic mass is 9.83. The molecular weight excluding hydrogens is 512 g/mol. The van der Waals surface area contributed by atoms with Gasteiger partial charge >= 0.3 is 5.97 Å². The number of ether oxygens (including phenoxy) is 3. The normalized spacial score (nSPS) is 14.4. The number of unbranched alkanes of at least 4 members (excludes halogenated alkanes) is 4. The lowest BCUT2D eigenvalue weighted by Crippen LogP contribution is -2.21. The highest BCUT2D eigenvalue weighted by Crippen LogP contribution is 2.43. The summed E-state index contributed by atoms with van der Waals surface area (Å²) in [5.74, 6) is 0.570. The summed E-state index contributed by atoms with van der Waals surface area (Å²) in [6, 6.07) is 22.0. The Labute approximate surface area is 234 Å². The summed E-state index contributed by atoms with van der Waals surface area (Å²) in [4.78, 5) is 12.4. The summed E-state index contributed by atoms with van der Waals surface area (Å²) in [7, 11) is 0. The van der Waals surface area contributed by atoms with Crippen molar-refractivity contribution in [2.45, 2.75) is 44.9 Å². The van der Waals surface area contributed by atoms with Gasteiger partial charge in [-0.15, -0.1) is 0 Å². The van der Waals surface area contributed by atoms with E-state index in [0.29, 0.717) is 28.7 Å². The van der Waals surface area contributed by atoms with Crippen molar-refractivity contribution in [3.8, 4) is 23.3 Å². The number of rotatable bonds is 11. The average Bonchev–Trinajstić information content (AvgIpc) is 2.94. The molecule has 0 spiro atoms. The van der Waals surface area contributed by atoms with Crippen molar-refractivity contribution in [3.63, 3.8) is 0 Å². The van der Waals surface area contributed by atoms with Gasteiger partial charge in [0.15, 0.2) is 0 Å². The molecule has 39 heavy (non-hydrogen) atoms. The SMILES string of the molecule is CCCCCCCOc1ccc(C2C(C#N)=C(N)Oc3cc(OC(=O)/C=C/c4ccc(Cl)cc4)ccc32)cc1. The first-order chi connectivity index (χ1) is 19.0. The monoisotopic (exact) mass is 542 g/mol. The summed E-state index contributed by atoms with van der Waals surface area (Å²) in [6.07, 6.45) is 8.87. The van der Waals surface area contributed by atoms with Crippen LogP contribution in [0.3, 0.4) is 0 Å². The van der Waals surface area contributed by atoms with Crippen LogP contribution in [0.2, 0.25) is 5.02 Å². The summed E-state index contributed by atoms with van der Waals surface area (Å²) >= 11 is 5.90. The van der Waals surface area contributed by atoms with Crippen molar-refractivity contribution in [3.05, 3.63) is 106 Å². The maximum atomic E-state index is 12.4. The zero-order valence-electron chi connectivity index (χ0n) is 21.9. The van der Waals surface area contributed by atoms with Crippen molar-refractivity contribution >= 4 is 23.6 Å². The highest BCUT2D eigenvalue weighted by molar-refractivity contribution is 6.30. The van der Waals surface area contributed by atoms with Gasteiger partial charge in [0, 0.05) is 22.7 Å². The van der Waals surface area contributed by atoms with E-state index in [-0.39, 0.29) is 5.88 Å². The molecular formula is C32H31ClN2O4. The summed E-state index contributed by atoms with van der Waals surface area (Å²) < 4.78 is 17.1. The molecule has 6 nitrogen and oxygen atoms in total. The van der Waals surface area contributed by atoms with Gasteiger partial charge in [0.05, 0.1) is 12.5 Å². The Hall–Kier alpha value is -4.21. The summed E-state index contributed by atoms with van der Waals surface area (Å²) in [5.41, 5.74) is 8.90. The van der Waals surface area contributed by atoms with E-state index >= 15 is 0 Å². The van der Waals surface area contributed by atoms with Gasteiger partial charge in [-0.2, -0.15) is 5.26 Å². The molecule has 3 aromatic carbocycles. The van der Waals surface area contributed by atoms with Crippen LogP contribution in [0, 0.1) is 11.3 Å². The second kappa shape index (κ2) is 13.5. The number of benzene rings is 3.